The van der Waals surface area contributed by atoms with Crippen LogP contribution in [-0.4, -0.2) is 32.2 Å². The minimum Gasteiger partial charge on any atom is -0.508 e. The van der Waals surface area contributed by atoms with Crippen LogP contribution in [-0.2, 0) is 6.42 Å². The van der Waals surface area contributed by atoms with Crippen LogP contribution in [0.1, 0.15) is 41.1 Å². The molecule has 1 amide bonds. The van der Waals surface area contributed by atoms with Crippen LogP contribution < -0.4 is 5.73 Å². The molecule has 1 heterocycles. The number of primary amides is 1. The molecule has 0 radical (unpaired) electrons. The fourth-order valence-electron chi connectivity index (χ4n) is 2.29. The average Bonchev–Trinajstić information content (AvgIpc) is 2.90. The highest BCUT2D eigenvalue weighted by atomic mass is 16.3. The topological polar surface area (TPSA) is 112 Å². The molecular formula is C15H19N3O3. The fraction of sp³-hybridized carbons (Fsp3) is 0.333. The molecular weight excluding hydrogens is 270 g/mol. The number of hydrogen-bond acceptors (Lipinski definition) is 4. The van der Waals surface area contributed by atoms with Crippen molar-refractivity contribution in [3.05, 3.63) is 47.5 Å². The predicted octanol–water partition coefficient (Wildman–Crippen LogP) is 1.31. The highest BCUT2D eigenvalue weighted by Gasteiger charge is 2.21. The van der Waals surface area contributed by atoms with E-state index in [-0.39, 0.29) is 17.4 Å². The third kappa shape index (κ3) is 3.61. The van der Waals surface area contributed by atoms with E-state index in [4.69, 9.17) is 5.73 Å². The van der Waals surface area contributed by atoms with Crippen molar-refractivity contribution >= 4 is 5.91 Å². The van der Waals surface area contributed by atoms with E-state index in [1.807, 2.05) is 12.1 Å². The second kappa shape index (κ2) is 6.41. The van der Waals surface area contributed by atoms with Crippen LogP contribution >= 0.6 is 0 Å². The molecule has 0 saturated heterocycles. The number of aromatic amines is 1. The Balaban J connectivity index is 2.12. The van der Waals surface area contributed by atoms with Crippen molar-refractivity contribution in [2.45, 2.75) is 31.8 Å². The number of rotatable bonds is 6. The molecule has 0 fully saturated rings. The minimum absolute atomic E-state index is 0.221. The Morgan fingerprint density at radius 3 is 2.71 bits per heavy atom. The minimum atomic E-state index is -0.636. The average molecular weight is 289 g/mol. The number of phenols is 1. The lowest BCUT2D eigenvalue weighted by atomic mass is 9.94. The van der Waals surface area contributed by atoms with Gasteiger partial charge in [0.25, 0.3) is 5.91 Å². The summed E-state index contributed by atoms with van der Waals surface area (Å²) in [7, 11) is 0. The van der Waals surface area contributed by atoms with Gasteiger partial charge >= 0.3 is 0 Å². The number of H-pyrrole nitrogens is 1. The van der Waals surface area contributed by atoms with Crippen molar-refractivity contribution in [3.63, 3.8) is 0 Å². The number of carbonyl (C=O) groups is 1. The van der Waals surface area contributed by atoms with Gasteiger partial charge in [-0.2, -0.15) is 0 Å². The van der Waals surface area contributed by atoms with Crippen LogP contribution in [0, 0.1) is 0 Å². The molecule has 2 aromatic rings. The maximum atomic E-state index is 11.1. The Bertz CT molecular complexity index is 622. The molecule has 0 spiro atoms. The number of aryl methyl sites for hydroxylation is 1. The molecule has 0 unspecified atom stereocenters. The first-order valence-electron chi connectivity index (χ1n) is 6.78. The molecule has 1 aromatic heterocycles. The summed E-state index contributed by atoms with van der Waals surface area (Å²) in [6.45, 7) is 1.67. The number of phenolic OH excluding ortho intramolecular Hbond substituents is 1. The lowest BCUT2D eigenvalue weighted by Crippen LogP contribution is -2.18. The van der Waals surface area contributed by atoms with Crippen molar-refractivity contribution in [2.75, 3.05) is 0 Å². The molecule has 5 N–H and O–H groups in total. The maximum Gasteiger partial charge on any atom is 0.266 e. The molecule has 0 aliphatic rings. The highest BCUT2D eigenvalue weighted by molar-refractivity contribution is 5.90. The van der Waals surface area contributed by atoms with E-state index >= 15 is 0 Å². The summed E-state index contributed by atoms with van der Waals surface area (Å²) < 4.78 is 0. The summed E-state index contributed by atoms with van der Waals surface area (Å²) in [5.41, 5.74) is 6.21. The van der Waals surface area contributed by atoms with Crippen LogP contribution in [0.15, 0.2) is 30.5 Å². The number of amides is 1. The van der Waals surface area contributed by atoms with Crippen LogP contribution in [0.25, 0.3) is 0 Å². The second-order valence-corrected chi connectivity index (χ2v) is 5.06. The van der Waals surface area contributed by atoms with Gasteiger partial charge in [0, 0.05) is 5.92 Å². The monoisotopic (exact) mass is 289 g/mol. The van der Waals surface area contributed by atoms with Gasteiger partial charge in [0.1, 0.15) is 17.3 Å². The zero-order chi connectivity index (χ0) is 15.4. The van der Waals surface area contributed by atoms with E-state index in [0.29, 0.717) is 18.7 Å². The summed E-state index contributed by atoms with van der Waals surface area (Å²) in [5, 5.41) is 19.7. The second-order valence-electron chi connectivity index (χ2n) is 5.06. The zero-order valence-electron chi connectivity index (χ0n) is 11.8. The SMILES string of the molecule is C[C@H](O)[C@H](CCc1ccccc1O)c1ncc(C(N)=O)[nH]1. The molecule has 0 saturated carbocycles. The molecule has 2 atom stereocenters. The largest absolute Gasteiger partial charge is 0.508 e. The third-order valence-electron chi connectivity index (χ3n) is 3.51. The molecule has 0 bridgehead atoms. The van der Waals surface area contributed by atoms with Crippen molar-refractivity contribution in [2.24, 2.45) is 5.73 Å². The number of benzene rings is 1. The molecule has 0 aliphatic carbocycles. The summed E-state index contributed by atoms with van der Waals surface area (Å²) >= 11 is 0. The highest BCUT2D eigenvalue weighted by Crippen LogP contribution is 2.26. The smallest absolute Gasteiger partial charge is 0.266 e. The lowest BCUT2D eigenvalue weighted by Gasteiger charge is -2.18. The Hall–Kier alpha value is -2.34. The van der Waals surface area contributed by atoms with Gasteiger partial charge in [0.15, 0.2) is 0 Å². The van der Waals surface area contributed by atoms with Crippen LogP contribution in [0.5, 0.6) is 5.75 Å². The molecule has 6 heteroatoms. The first-order chi connectivity index (χ1) is 9.99. The van der Waals surface area contributed by atoms with Gasteiger partial charge in [-0.15, -0.1) is 0 Å². The molecule has 6 nitrogen and oxygen atoms in total. The summed E-state index contributed by atoms with van der Waals surface area (Å²) in [6, 6.07) is 7.08. The van der Waals surface area contributed by atoms with Gasteiger partial charge in [-0.3, -0.25) is 4.79 Å². The number of aliphatic hydroxyl groups excluding tert-OH is 1. The molecule has 2 rings (SSSR count). The van der Waals surface area contributed by atoms with E-state index < -0.39 is 12.0 Å². The standard InChI is InChI=1S/C15H19N3O3/c1-9(19)11(15-17-8-12(18-15)14(16)21)7-6-10-4-2-3-5-13(10)20/h2-5,8-9,11,19-20H,6-7H2,1H3,(H2,16,21)(H,17,18)/t9-,11-/m0/s1. The van der Waals surface area contributed by atoms with Gasteiger partial charge < -0.3 is 20.9 Å². The molecule has 21 heavy (non-hydrogen) atoms. The maximum absolute atomic E-state index is 11.1. The van der Waals surface area contributed by atoms with Crippen LogP contribution in [0.4, 0.5) is 0 Å². The summed E-state index contributed by atoms with van der Waals surface area (Å²) in [6.07, 6.45) is 1.91. The number of nitrogens with one attached hydrogen (secondary N) is 1. The number of carbonyl (C=O) groups excluding carboxylic acids is 1. The molecule has 0 aliphatic heterocycles. The van der Waals surface area contributed by atoms with E-state index in [2.05, 4.69) is 9.97 Å². The van der Waals surface area contributed by atoms with Crippen molar-refractivity contribution in [1.82, 2.24) is 9.97 Å². The van der Waals surface area contributed by atoms with E-state index in [9.17, 15) is 15.0 Å². The van der Waals surface area contributed by atoms with Gasteiger partial charge in [-0.25, -0.2) is 4.98 Å². The number of imidazole rings is 1. The number of hydrogen-bond donors (Lipinski definition) is 4. The molecule has 112 valence electrons. The zero-order valence-corrected chi connectivity index (χ0v) is 11.8. The normalized spacial score (nSPS) is 13.8. The quantitative estimate of drug-likeness (QED) is 0.642. The Kier molecular flexibility index (Phi) is 4.59. The van der Waals surface area contributed by atoms with Crippen LogP contribution in [0.2, 0.25) is 0 Å². The number of aliphatic hydroxyl groups is 1. The van der Waals surface area contributed by atoms with Crippen molar-refractivity contribution in [3.8, 4) is 5.75 Å². The Labute approximate surface area is 122 Å². The van der Waals surface area contributed by atoms with E-state index in [0.717, 1.165) is 5.56 Å². The number of aromatic hydroxyl groups is 1. The number of nitrogens with two attached hydrogens (primary N) is 1. The van der Waals surface area contributed by atoms with Gasteiger partial charge in [0.2, 0.25) is 0 Å². The van der Waals surface area contributed by atoms with Crippen molar-refractivity contribution < 1.29 is 15.0 Å². The van der Waals surface area contributed by atoms with Crippen molar-refractivity contribution in [1.29, 1.82) is 0 Å². The third-order valence-corrected chi connectivity index (χ3v) is 3.51. The fourth-order valence-corrected chi connectivity index (χ4v) is 2.29. The first-order valence-corrected chi connectivity index (χ1v) is 6.78. The Morgan fingerprint density at radius 2 is 2.14 bits per heavy atom. The van der Waals surface area contributed by atoms with E-state index in [1.54, 1.807) is 19.1 Å². The summed E-state index contributed by atoms with van der Waals surface area (Å²) in [5.74, 6) is -0.0927. The molecule has 1 aromatic carbocycles. The van der Waals surface area contributed by atoms with Gasteiger partial charge in [-0.05, 0) is 31.4 Å². The lowest BCUT2D eigenvalue weighted by molar-refractivity contribution is 0.0995. The van der Waals surface area contributed by atoms with Crippen LogP contribution in [0.3, 0.4) is 0 Å². The number of para-hydroxylation sites is 1. The Morgan fingerprint density at radius 1 is 1.43 bits per heavy atom. The number of nitrogens with zero attached hydrogens (tertiary/aromatic N) is 1. The van der Waals surface area contributed by atoms with Gasteiger partial charge in [0.05, 0.1) is 12.3 Å². The van der Waals surface area contributed by atoms with Gasteiger partial charge in [-0.1, -0.05) is 18.2 Å². The number of aromatic nitrogens is 2. The van der Waals surface area contributed by atoms with E-state index in [1.165, 1.54) is 6.20 Å². The summed E-state index contributed by atoms with van der Waals surface area (Å²) in [4.78, 5) is 18.0. The first kappa shape index (κ1) is 15.1. The predicted molar refractivity (Wildman–Crippen MR) is 78.0 cm³/mol.